The third-order valence-electron chi connectivity index (χ3n) is 3.17. The van der Waals surface area contributed by atoms with Gasteiger partial charge < -0.3 is 13.9 Å². The summed E-state index contributed by atoms with van der Waals surface area (Å²) in [4.78, 5) is 12.3. The van der Waals surface area contributed by atoms with Crippen molar-refractivity contribution in [2.24, 2.45) is 0 Å². The molecule has 0 radical (unpaired) electrons. The molecular formula is C14H13ClO4. The third-order valence-corrected chi connectivity index (χ3v) is 3.44. The van der Waals surface area contributed by atoms with Crippen molar-refractivity contribution in [3.8, 4) is 11.5 Å². The van der Waals surface area contributed by atoms with Crippen molar-refractivity contribution < 1.29 is 13.9 Å². The Bertz CT molecular complexity index is 662. The second-order valence-electron chi connectivity index (χ2n) is 4.44. The van der Waals surface area contributed by atoms with Crippen LogP contribution in [0.4, 0.5) is 0 Å². The molecular weight excluding hydrogens is 268 g/mol. The van der Waals surface area contributed by atoms with Crippen molar-refractivity contribution in [2.45, 2.75) is 19.3 Å². The molecule has 0 atom stereocenters. The molecule has 1 aromatic carbocycles. The highest BCUT2D eigenvalue weighted by atomic mass is 35.5. The molecule has 1 aromatic heterocycles. The maximum Gasteiger partial charge on any atom is 0.231 e. The number of hydrogen-bond donors (Lipinski definition) is 0. The SMILES string of the molecule is O=c1c(CCCCCl)coc2cc3c(cc12)OCO3. The molecule has 0 N–H and O–H groups in total. The molecule has 0 aliphatic carbocycles. The van der Waals surface area contributed by atoms with E-state index in [1.807, 2.05) is 0 Å². The Hall–Kier alpha value is -1.68. The Balaban J connectivity index is 2.01. The first-order chi connectivity index (χ1) is 9.29. The molecule has 1 aliphatic rings. The molecule has 0 spiro atoms. The van der Waals surface area contributed by atoms with E-state index in [0.717, 1.165) is 12.8 Å². The van der Waals surface area contributed by atoms with Crippen LogP contribution in [0, 0.1) is 0 Å². The van der Waals surface area contributed by atoms with E-state index in [1.165, 1.54) is 6.26 Å². The summed E-state index contributed by atoms with van der Waals surface area (Å²) in [5.41, 5.74) is 1.20. The van der Waals surface area contributed by atoms with Crippen LogP contribution in [0.5, 0.6) is 11.5 Å². The molecule has 0 amide bonds. The van der Waals surface area contributed by atoms with Crippen LogP contribution in [0.1, 0.15) is 18.4 Å². The minimum Gasteiger partial charge on any atom is -0.464 e. The van der Waals surface area contributed by atoms with Gasteiger partial charge in [0.15, 0.2) is 16.9 Å². The van der Waals surface area contributed by atoms with Crippen LogP contribution in [0.2, 0.25) is 0 Å². The van der Waals surface area contributed by atoms with Crippen LogP contribution in [0.15, 0.2) is 27.6 Å². The summed E-state index contributed by atoms with van der Waals surface area (Å²) in [5, 5.41) is 0.535. The van der Waals surface area contributed by atoms with Crippen LogP contribution < -0.4 is 14.9 Å². The maximum atomic E-state index is 12.3. The summed E-state index contributed by atoms with van der Waals surface area (Å²) in [6.07, 6.45) is 3.98. The Morgan fingerprint density at radius 2 is 1.95 bits per heavy atom. The standard InChI is InChI=1S/C14H13ClO4/c15-4-2-1-3-9-7-17-11-6-13-12(18-8-19-13)5-10(11)14(9)16/h5-7H,1-4,8H2. The van der Waals surface area contributed by atoms with Gasteiger partial charge in [0.1, 0.15) is 5.58 Å². The number of aryl methyl sites for hydroxylation is 1. The number of rotatable bonds is 4. The molecule has 2 heterocycles. The van der Waals surface area contributed by atoms with Gasteiger partial charge in [-0.15, -0.1) is 11.6 Å². The molecule has 5 heteroatoms. The fourth-order valence-electron chi connectivity index (χ4n) is 2.14. The highest BCUT2D eigenvalue weighted by Gasteiger charge is 2.17. The fourth-order valence-corrected chi connectivity index (χ4v) is 2.33. The van der Waals surface area contributed by atoms with Crippen LogP contribution in [-0.2, 0) is 6.42 Å². The quantitative estimate of drug-likeness (QED) is 0.638. The van der Waals surface area contributed by atoms with Gasteiger partial charge >= 0.3 is 0 Å². The van der Waals surface area contributed by atoms with Gasteiger partial charge in [-0.1, -0.05) is 0 Å². The minimum absolute atomic E-state index is 0.00544. The normalized spacial score (nSPS) is 13.1. The molecule has 0 saturated heterocycles. The molecule has 2 aromatic rings. The summed E-state index contributed by atoms with van der Waals surface area (Å²) in [7, 11) is 0. The predicted octanol–water partition coefficient (Wildman–Crippen LogP) is 3.08. The molecule has 100 valence electrons. The number of halogens is 1. The van der Waals surface area contributed by atoms with Crippen molar-refractivity contribution in [3.63, 3.8) is 0 Å². The highest BCUT2D eigenvalue weighted by Crippen LogP contribution is 2.35. The van der Waals surface area contributed by atoms with E-state index in [0.29, 0.717) is 40.3 Å². The van der Waals surface area contributed by atoms with E-state index in [-0.39, 0.29) is 12.2 Å². The number of fused-ring (bicyclic) bond motifs is 2. The number of ether oxygens (including phenoxy) is 2. The molecule has 1 aliphatic heterocycles. The van der Waals surface area contributed by atoms with Gasteiger partial charge in [-0.05, 0) is 25.3 Å². The lowest BCUT2D eigenvalue weighted by molar-refractivity contribution is 0.174. The summed E-state index contributed by atoms with van der Waals surface area (Å²) in [5.74, 6) is 1.82. The predicted molar refractivity (Wildman–Crippen MR) is 72.3 cm³/mol. The van der Waals surface area contributed by atoms with E-state index in [2.05, 4.69) is 0 Å². The zero-order valence-electron chi connectivity index (χ0n) is 10.3. The average molecular weight is 281 g/mol. The molecule has 3 rings (SSSR count). The average Bonchev–Trinajstić information content (AvgIpc) is 2.87. The lowest BCUT2D eigenvalue weighted by Gasteiger charge is -2.03. The van der Waals surface area contributed by atoms with Crippen LogP contribution in [-0.4, -0.2) is 12.7 Å². The molecule has 0 saturated carbocycles. The van der Waals surface area contributed by atoms with Gasteiger partial charge in [-0.2, -0.15) is 0 Å². The molecule has 0 unspecified atom stereocenters. The lowest BCUT2D eigenvalue weighted by atomic mass is 10.1. The van der Waals surface area contributed by atoms with Gasteiger partial charge in [0.05, 0.1) is 11.6 Å². The zero-order valence-corrected chi connectivity index (χ0v) is 11.0. The number of alkyl halides is 1. The number of unbranched alkanes of at least 4 members (excludes halogenated alkanes) is 1. The molecule has 19 heavy (non-hydrogen) atoms. The summed E-state index contributed by atoms with van der Waals surface area (Å²) in [6.45, 7) is 0.183. The van der Waals surface area contributed by atoms with Crippen LogP contribution in [0.3, 0.4) is 0 Å². The third kappa shape index (κ3) is 2.28. The first kappa shape index (κ1) is 12.4. The zero-order chi connectivity index (χ0) is 13.2. The van der Waals surface area contributed by atoms with E-state index < -0.39 is 0 Å². The van der Waals surface area contributed by atoms with Crippen molar-refractivity contribution in [1.82, 2.24) is 0 Å². The Labute approximate surface area is 114 Å². The fraction of sp³-hybridized carbons (Fsp3) is 0.357. The van der Waals surface area contributed by atoms with Gasteiger partial charge in [0.25, 0.3) is 0 Å². The lowest BCUT2D eigenvalue weighted by Crippen LogP contribution is -2.08. The Kier molecular flexibility index (Phi) is 3.34. The highest BCUT2D eigenvalue weighted by molar-refractivity contribution is 6.17. The van der Waals surface area contributed by atoms with Gasteiger partial charge in [-0.25, -0.2) is 0 Å². The second kappa shape index (κ2) is 5.13. The first-order valence-corrected chi connectivity index (χ1v) is 6.73. The van der Waals surface area contributed by atoms with Crippen molar-refractivity contribution >= 4 is 22.6 Å². The topological polar surface area (TPSA) is 48.7 Å². The van der Waals surface area contributed by atoms with Gasteiger partial charge in [0.2, 0.25) is 6.79 Å². The maximum absolute atomic E-state index is 12.3. The number of benzene rings is 1. The largest absolute Gasteiger partial charge is 0.464 e. The second-order valence-corrected chi connectivity index (χ2v) is 4.82. The van der Waals surface area contributed by atoms with Crippen molar-refractivity contribution in [2.75, 3.05) is 12.7 Å². The van der Waals surface area contributed by atoms with E-state index >= 15 is 0 Å². The van der Waals surface area contributed by atoms with E-state index in [4.69, 9.17) is 25.5 Å². The Morgan fingerprint density at radius 3 is 2.74 bits per heavy atom. The smallest absolute Gasteiger partial charge is 0.231 e. The first-order valence-electron chi connectivity index (χ1n) is 6.19. The summed E-state index contributed by atoms with van der Waals surface area (Å²) >= 11 is 5.63. The molecule has 0 fully saturated rings. The monoisotopic (exact) mass is 280 g/mol. The molecule has 4 nitrogen and oxygen atoms in total. The Morgan fingerprint density at radius 1 is 1.16 bits per heavy atom. The van der Waals surface area contributed by atoms with E-state index in [9.17, 15) is 4.79 Å². The van der Waals surface area contributed by atoms with Crippen molar-refractivity contribution in [3.05, 3.63) is 34.2 Å². The van der Waals surface area contributed by atoms with Gasteiger partial charge in [0, 0.05) is 17.5 Å². The van der Waals surface area contributed by atoms with Crippen LogP contribution in [0.25, 0.3) is 11.0 Å². The summed E-state index contributed by atoms with van der Waals surface area (Å²) < 4.78 is 16.0. The van der Waals surface area contributed by atoms with E-state index in [1.54, 1.807) is 12.1 Å². The van der Waals surface area contributed by atoms with Crippen LogP contribution >= 0.6 is 11.6 Å². The number of hydrogen-bond acceptors (Lipinski definition) is 4. The summed E-state index contributed by atoms with van der Waals surface area (Å²) in [6, 6.07) is 3.39. The van der Waals surface area contributed by atoms with Crippen molar-refractivity contribution in [1.29, 1.82) is 0 Å². The minimum atomic E-state index is -0.00544. The molecule has 0 bridgehead atoms. The van der Waals surface area contributed by atoms with Gasteiger partial charge in [-0.3, -0.25) is 4.79 Å².